The molecule has 3 rings (SSSR count). The van der Waals surface area contributed by atoms with E-state index in [-0.39, 0.29) is 11.9 Å². The second-order valence-electron chi connectivity index (χ2n) is 6.20. The van der Waals surface area contributed by atoms with Gasteiger partial charge in [-0.3, -0.25) is 14.4 Å². The van der Waals surface area contributed by atoms with Crippen molar-refractivity contribution < 1.29 is 14.4 Å². The lowest BCUT2D eigenvalue weighted by molar-refractivity contribution is -0.145. The number of carbonyl (C=O) groups excluding carboxylic acids is 3. The van der Waals surface area contributed by atoms with Crippen LogP contribution in [-0.4, -0.2) is 53.1 Å². The van der Waals surface area contributed by atoms with Gasteiger partial charge in [-0.25, -0.2) is 0 Å². The van der Waals surface area contributed by atoms with Crippen molar-refractivity contribution in [1.82, 2.24) is 9.80 Å². The highest BCUT2D eigenvalue weighted by molar-refractivity contribution is 6.42. The number of nitrogens with zero attached hydrogens (tertiary/aromatic N) is 2. The first-order valence-corrected chi connectivity index (χ1v) is 7.82. The Morgan fingerprint density at radius 1 is 0.950 bits per heavy atom. The number of likely N-dealkylation sites (tertiary alicyclic amines) is 2. The van der Waals surface area contributed by atoms with Crippen LogP contribution in [0.1, 0.15) is 44.9 Å². The van der Waals surface area contributed by atoms with Crippen LogP contribution < -0.4 is 0 Å². The lowest BCUT2D eigenvalue weighted by Gasteiger charge is -2.30. The molecular weight excluding hydrogens is 256 g/mol. The highest BCUT2D eigenvalue weighted by Gasteiger charge is 2.47. The van der Waals surface area contributed by atoms with Gasteiger partial charge < -0.3 is 9.80 Å². The Labute approximate surface area is 119 Å². The molecule has 20 heavy (non-hydrogen) atoms. The van der Waals surface area contributed by atoms with Crippen molar-refractivity contribution in [3.63, 3.8) is 0 Å². The number of hydrogen-bond acceptors (Lipinski definition) is 3. The minimum Gasteiger partial charge on any atom is -0.342 e. The molecule has 110 valence electrons. The molecule has 0 aromatic heterocycles. The standard InChI is InChI=1S/C15H22N2O3/c18-13-12(14(19)16-8-4-5-9-16)10-17(15(13)20)11-6-2-1-3-7-11/h11-12H,1-10H2. The van der Waals surface area contributed by atoms with Crippen LogP contribution in [0.4, 0.5) is 0 Å². The van der Waals surface area contributed by atoms with E-state index >= 15 is 0 Å². The summed E-state index contributed by atoms with van der Waals surface area (Å²) in [7, 11) is 0. The predicted molar refractivity (Wildman–Crippen MR) is 72.9 cm³/mol. The van der Waals surface area contributed by atoms with E-state index in [1.165, 1.54) is 6.42 Å². The van der Waals surface area contributed by atoms with Crippen molar-refractivity contribution in [2.45, 2.75) is 51.0 Å². The van der Waals surface area contributed by atoms with E-state index in [9.17, 15) is 14.4 Å². The molecule has 5 heteroatoms. The maximum absolute atomic E-state index is 12.4. The van der Waals surface area contributed by atoms with E-state index in [0.717, 1.165) is 51.6 Å². The predicted octanol–water partition coefficient (Wildman–Crippen LogP) is 0.969. The van der Waals surface area contributed by atoms with E-state index in [1.54, 1.807) is 9.80 Å². The zero-order valence-electron chi connectivity index (χ0n) is 11.8. The molecule has 0 N–H and O–H groups in total. The fraction of sp³-hybridized carbons (Fsp3) is 0.800. The molecule has 3 fully saturated rings. The number of ketones is 1. The molecule has 2 heterocycles. The lowest BCUT2D eigenvalue weighted by Crippen LogP contribution is -2.39. The van der Waals surface area contributed by atoms with Gasteiger partial charge in [0.2, 0.25) is 11.7 Å². The van der Waals surface area contributed by atoms with Crippen LogP contribution >= 0.6 is 0 Å². The third-order valence-electron chi connectivity index (χ3n) is 4.90. The average Bonchev–Trinajstić information content (AvgIpc) is 3.10. The summed E-state index contributed by atoms with van der Waals surface area (Å²) in [5.74, 6) is -1.76. The summed E-state index contributed by atoms with van der Waals surface area (Å²) in [4.78, 5) is 40.0. The Bertz CT molecular complexity index is 423. The summed E-state index contributed by atoms with van der Waals surface area (Å²) in [6.45, 7) is 1.79. The molecule has 1 atom stereocenters. The number of Topliss-reactive ketones (excluding diaryl/α,β-unsaturated/α-hetero) is 1. The van der Waals surface area contributed by atoms with E-state index in [0.29, 0.717) is 6.54 Å². The fourth-order valence-electron chi connectivity index (χ4n) is 3.71. The van der Waals surface area contributed by atoms with Gasteiger partial charge >= 0.3 is 0 Å². The Kier molecular flexibility index (Phi) is 3.76. The molecule has 0 aromatic carbocycles. The number of hydrogen-bond donors (Lipinski definition) is 0. The quantitative estimate of drug-likeness (QED) is 0.558. The summed E-state index contributed by atoms with van der Waals surface area (Å²) >= 11 is 0. The van der Waals surface area contributed by atoms with Gasteiger partial charge in [0.15, 0.2) is 0 Å². The van der Waals surface area contributed by atoms with Gasteiger partial charge in [-0.05, 0) is 25.7 Å². The largest absolute Gasteiger partial charge is 0.342 e. The SMILES string of the molecule is O=C1C(=O)N(C2CCCCC2)CC1C(=O)N1CCCC1. The summed E-state index contributed by atoms with van der Waals surface area (Å²) in [5, 5.41) is 0. The molecule has 0 aromatic rings. The molecule has 1 aliphatic carbocycles. The van der Waals surface area contributed by atoms with Crippen molar-refractivity contribution in [3.05, 3.63) is 0 Å². The Hall–Kier alpha value is -1.39. The summed E-state index contributed by atoms with van der Waals surface area (Å²) in [6.07, 6.45) is 7.41. The van der Waals surface area contributed by atoms with Crippen LogP contribution in [0.5, 0.6) is 0 Å². The van der Waals surface area contributed by atoms with Crippen molar-refractivity contribution >= 4 is 17.6 Å². The molecule has 2 aliphatic heterocycles. The first kappa shape index (κ1) is 13.6. The molecule has 2 amide bonds. The minimum atomic E-state index is -0.734. The summed E-state index contributed by atoms with van der Waals surface area (Å²) < 4.78 is 0. The summed E-state index contributed by atoms with van der Waals surface area (Å²) in [6, 6.07) is 0.177. The van der Waals surface area contributed by atoms with Crippen LogP contribution in [0.3, 0.4) is 0 Å². The smallest absolute Gasteiger partial charge is 0.291 e. The van der Waals surface area contributed by atoms with E-state index < -0.39 is 17.6 Å². The fourth-order valence-corrected chi connectivity index (χ4v) is 3.71. The highest BCUT2D eigenvalue weighted by Crippen LogP contribution is 2.28. The number of carbonyl (C=O) groups is 3. The van der Waals surface area contributed by atoms with Gasteiger partial charge in [-0.1, -0.05) is 19.3 Å². The third-order valence-corrected chi connectivity index (χ3v) is 4.90. The second kappa shape index (κ2) is 5.54. The van der Waals surface area contributed by atoms with Gasteiger partial charge in [-0.15, -0.1) is 0 Å². The van der Waals surface area contributed by atoms with Crippen LogP contribution in [-0.2, 0) is 14.4 Å². The van der Waals surface area contributed by atoms with Crippen LogP contribution in [0.15, 0.2) is 0 Å². The Balaban J connectivity index is 1.69. The maximum Gasteiger partial charge on any atom is 0.291 e. The van der Waals surface area contributed by atoms with Crippen LogP contribution in [0.25, 0.3) is 0 Å². The maximum atomic E-state index is 12.4. The van der Waals surface area contributed by atoms with Crippen molar-refractivity contribution in [2.24, 2.45) is 5.92 Å². The second-order valence-corrected chi connectivity index (χ2v) is 6.20. The molecule has 2 saturated heterocycles. The minimum absolute atomic E-state index is 0.126. The number of amides is 2. The van der Waals surface area contributed by atoms with E-state index in [1.807, 2.05) is 0 Å². The number of rotatable bonds is 2. The van der Waals surface area contributed by atoms with Gasteiger partial charge in [0.25, 0.3) is 5.91 Å². The third kappa shape index (κ3) is 2.34. The monoisotopic (exact) mass is 278 g/mol. The molecular formula is C15H22N2O3. The molecule has 0 radical (unpaired) electrons. The summed E-state index contributed by atoms with van der Waals surface area (Å²) in [5.41, 5.74) is 0. The van der Waals surface area contributed by atoms with Gasteiger partial charge in [0.05, 0.1) is 0 Å². The normalized spacial score (nSPS) is 28.5. The van der Waals surface area contributed by atoms with Crippen LogP contribution in [0.2, 0.25) is 0 Å². The topological polar surface area (TPSA) is 57.7 Å². The average molecular weight is 278 g/mol. The molecule has 0 bridgehead atoms. The van der Waals surface area contributed by atoms with Crippen LogP contribution in [0, 0.1) is 5.92 Å². The molecule has 1 unspecified atom stereocenters. The van der Waals surface area contributed by atoms with E-state index in [2.05, 4.69) is 0 Å². The molecule has 3 aliphatic rings. The first-order chi connectivity index (χ1) is 9.68. The molecule has 5 nitrogen and oxygen atoms in total. The van der Waals surface area contributed by atoms with Gasteiger partial charge in [0.1, 0.15) is 5.92 Å². The van der Waals surface area contributed by atoms with Crippen molar-refractivity contribution in [3.8, 4) is 0 Å². The Morgan fingerprint density at radius 3 is 2.25 bits per heavy atom. The Morgan fingerprint density at radius 2 is 1.60 bits per heavy atom. The zero-order valence-corrected chi connectivity index (χ0v) is 11.8. The zero-order chi connectivity index (χ0) is 14.1. The molecule has 1 saturated carbocycles. The highest BCUT2D eigenvalue weighted by atomic mass is 16.2. The van der Waals surface area contributed by atoms with Gasteiger partial charge in [-0.2, -0.15) is 0 Å². The first-order valence-electron chi connectivity index (χ1n) is 7.82. The lowest BCUT2D eigenvalue weighted by atomic mass is 9.94. The molecule has 0 spiro atoms. The van der Waals surface area contributed by atoms with Gasteiger partial charge in [0, 0.05) is 25.7 Å². The van der Waals surface area contributed by atoms with E-state index in [4.69, 9.17) is 0 Å². The van der Waals surface area contributed by atoms with Crippen molar-refractivity contribution in [2.75, 3.05) is 19.6 Å². The van der Waals surface area contributed by atoms with Crippen molar-refractivity contribution in [1.29, 1.82) is 0 Å².